The van der Waals surface area contributed by atoms with Crippen LogP contribution in [0.4, 0.5) is 0 Å². The molecule has 0 amide bonds. The van der Waals surface area contributed by atoms with E-state index in [1.54, 1.807) is 0 Å². The molecule has 1 saturated carbocycles. The monoisotopic (exact) mass is 217 g/mol. The highest BCUT2D eigenvalue weighted by Gasteiger charge is 2.45. The van der Waals surface area contributed by atoms with Crippen LogP contribution in [0, 0.1) is 0 Å². The summed E-state index contributed by atoms with van der Waals surface area (Å²) >= 11 is 0. The highest BCUT2D eigenvalue weighted by Crippen LogP contribution is 2.46. The molecule has 0 unspecified atom stereocenters. The van der Waals surface area contributed by atoms with Crippen molar-refractivity contribution in [1.29, 1.82) is 0 Å². The average Bonchev–Trinajstić information content (AvgIpc) is 3.13. The number of benzene rings is 1. The normalized spacial score (nSPS) is 24.2. The second-order valence-corrected chi connectivity index (χ2v) is 4.98. The lowest BCUT2D eigenvalue weighted by Crippen LogP contribution is -2.41. The molecule has 0 aromatic heterocycles. The maximum atomic E-state index is 5.40. The molecular weight excluding hydrogens is 198 g/mol. The summed E-state index contributed by atoms with van der Waals surface area (Å²) in [6.45, 7) is 1.84. The van der Waals surface area contributed by atoms with Gasteiger partial charge in [-0.15, -0.1) is 0 Å². The van der Waals surface area contributed by atoms with Crippen LogP contribution in [0.5, 0.6) is 0 Å². The van der Waals surface area contributed by atoms with Crippen molar-refractivity contribution in [1.82, 2.24) is 5.32 Å². The van der Waals surface area contributed by atoms with Crippen LogP contribution in [0.15, 0.2) is 30.3 Å². The van der Waals surface area contributed by atoms with Gasteiger partial charge in [0.25, 0.3) is 0 Å². The summed E-state index contributed by atoms with van der Waals surface area (Å²) in [4.78, 5) is 0. The lowest BCUT2D eigenvalue weighted by molar-refractivity contribution is 0.0736. The van der Waals surface area contributed by atoms with E-state index < -0.39 is 0 Å². The molecule has 0 radical (unpaired) electrons. The molecule has 1 aromatic rings. The topological polar surface area (TPSA) is 21.3 Å². The van der Waals surface area contributed by atoms with Gasteiger partial charge in [0, 0.05) is 24.8 Å². The standard InChI is InChI=1S/C14H19NO/c1-2-4-12(5-3-1)14(8-9-14)15-13-6-10-16-11-7-13/h1-5,13,15H,6-11H2. The zero-order valence-corrected chi connectivity index (χ0v) is 9.61. The van der Waals surface area contributed by atoms with Gasteiger partial charge in [-0.05, 0) is 31.2 Å². The average molecular weight is 217 g/mol. The van der Waals surface area contributed by atoms with Gasteiger partial charge in [0.2, 0.25) is 0 Å². The van der Waals surface area contributed by atoms with E-state index in [-0.39, 0.29) is 0 Å². The SMILES string of the molecule is c1ccc(C2(NC3CCOCC3)CC2)cc1. The van der Waals surface area contributed by atoms with Crippen molar-refractivity contribution in [3.63, 3.8) is 0 Å². The van der Waals surface area contributed by atoms with Crippen LogP contribution in [-0.4, -0.2) is 19.3 Å². The molecule has 1 aliphatic heterocycles. The van der Waals surface area contributed by atoms with Crippen LogP contribution >= 0.6 is 0 Å². The van der Waals surface area contributed by atoms with Gasteiger partial charge >= 0.3 is 0 Å². The van der Waals surface area contributed by atoms with Gasteiger partial charge in [0.15, 0.2) is 0 Å². The zero-order chi connectivity index (χ0) is 10.8. The molecule has 1 aliphatic carbocycles. The quantitative estimate of drug-likeness (QED) is 0.839. The van der Waals surface area contributed by atoms with E-state index in [1.807, 2.05) is 0 Å². The second kappa shape index (κ2) is 4.19. The van der Waals surface area contributed by atoms with Crippen molar-refractivity contribution in [3.05, 3.63) is 35.9 Å². The van der Waals surface area contributed by atoms with Crippen LogP contribution in [0.2, 0.25) is 0 Å². The summed E-state index contributed by atoms with van der Waals surface area (Å²) in [5.74, 6) is 0. The van der Waals surface area contributed by atoms with Crippen LogP contribution in [0.1, 0.15) is 31.2 Å². The van der Waals surface area contributed by atoms with Crippen molar-refractivity contribution < 1.29 is 4.74 Å². The van der Waals surface area contributed by atoms with E-state index in [1.165, 1.54) is 18.4 Å². The number of hydrogen-bond donors (Lipinski definition) is 1. The van der Waals surface area contributed by atoms with Crippen LogP contribution in [0.3, 0.4) is 0 Å². The van der Waals surface area contributed by atoms with Gasteiger partial charge < -0.3 is 10.1 Å². The highest BCUT2D eigenvalue weighted by molar-refractivity contribution is 5.30. The van der Waals surface area contributed by atoms with Gasteiger partial charge in [-0.2, -0.15) is 0 Å². The first-order valence-electron chi connectivity index (χ1n) is 6.30. The first-order valence-corrected chi connectivity index (χ1v) is 6.30. The second-order valence-electron chi connectivity index (χ2n) is 4.98. The minimum atomic E-state index is 0.295. The maximum absolute atomic E-state index is 5.40. The molecule has 1 aromatic carbocycles. The Morgan fingerprint density at radius 3 is 2.38 bits per heavy atom. The van der Waals surface area contributed by atoms with Gasteiger partial charge in [0.05, 0.1) is 0 Å². The molecule has 0 spiro atoms. The Kier molecular flexibility index (Phi) is 2.70. The van der Waals surface area contributed by atoms with E-state index in [0.29, 0.717) is 11.6 Å². The molecule has 1 N–H and O–H groups in total. The minimum absolute atomic E-state index is 0.295. The van der Waals surface area contributed by atoms with Crippen molar-refractivity contribution in [2.45, 2.75) is 37.3 Å². The number of ether oxygens (including phenoxy) is 1. The van der Waals surface area contributed by atoms with Crippen molar-refractivity contribution >= 4 is 0 Å². The Labute approximate surface area is 97.0 Å². The summed E-state index contributed by atoms with van der Waals surface area (Å²) in [7, 11) is 0. The molecular formula is C14H19NO. The Morgan fingerprint density at radius 2 is 1.75 bits per heavy atom. The molecule has 2 aliphatic rings. The molecule has 0 bridgehead atoms. The fourth-order valence-corrected chi connectivity index (χ4v) is 2.63. The van der Waals surface area contributed by atoms with E-state index in [2.05, 4.69) is 35.6 Å². The first-order chi connectivity index (χ1) is 7.89. The predicted molar refractivity (Wildman–Crippen MR) is 64.3 cm³/mol. The highest BCUT2D eigenvalue weighted by atomic mass is 16.5. The predicted octanol–water partition coefficient (Wildman–Crippen LogP) is 2.44. The van der Waals surface area contributed by atoms with Crippen molar-refractivity contribution in [3.8, 4) is 0 Å². The van der Waals surface area contributed by atoms with Crippen LogP contribution < -0.4 is 5.32 Å². The lowest BCUT2D eigenvalue weighted by atomic mass is 10.0. The number of nitrogens with one attached hydrogen (secondary N) is 1. The van der Waals surface area contributed by atoms with E-state index in [0.717, 1.165) is 26.1 Å². The molecule has 0 atom stereocenters. The van der Waals surface area contributed by atoms with Crippen LogP contribution in [0.25, 0.3) is 0 Å². The number of rotatable bonds is 3. The van der Waals surface area contributed by atoms with Crippen molar-refractivity contribution in [2.75, 3.05) is 13.2 Å². The molecule has 2 fully saturated rings. The summed E-state index contributed by atoms with van der Waals surface area (Å²) in [5, 5.41) is 3.84. The Hall–Kier alpha value is -0.860. The molecule has 1 saturated heterocycles. The number of hydrogen-bond acceptors (Lipinski definition) is 2. The third-order valence-corrected chi connectivity index (χ3v) is 3.78. The van der Waals surface area contributed by atoms with E-state index in [9.17, 15) is 0 Å². The lowest BCUT2D eigenvalue weighted by Gasteiger charge is -2.29. The molecule has 86 valence electrons. The largest absolute Gasteiger partial charge is 0.381 e. The Bertz CT molecular complexity index is 339. The van der Waals surface area contributed by atoms with Crippen LogP contribution in [-0.2, 0) is 10.3 Å². The fraction of sp³-hybridized carbons (Fsp3) is 0.571. The molecule has 2 heteroatoms. The van der Waals surface area contributed by atoms with Gasteiger partial charge in [-0.25, -0.2) is 0 Å². The maximum Gasteiger partial charge on any atom is 0.0480 e. The summed E-state index contributed by atoms with van der Waals surface area (Å²) in [6.07, 6.45) is 4.89. The summed E-state index contributed by atoms with van der Waals surface area (Å²) in [6, 6.07) is 11.5. The minimum Gasteiger partial charge on any atom is -0.381 e. The van der Waals surface area contributed by atoms with Gasteiger partial charge in [-0.1, -0.05) is 30.3 Å². The third-order valence-electron chi connectivity index (χ3n) is 3.78. The van der Waals surface area contributed by atoms with Gasteiger partial charge in [-0.3, -0.25) is 0 Å². The fourth-order valence-electron chi connectivity index (χ4n) is 2.63. The summed E-state index contributed by atoms with van der Waals surface area (Å²) in [5.41, 5.74) is 1.75. The third kappa shape index (κ3) is 2.00. The van der Waals surface area contributed by atoms with Crippen molar-refractivity contribution in [2.24, 2.45) is 0 Å². The molecule has 2 nitrogen and oxygen atoms in total. The van der Waals surface area contributed by atoms with E-state index in [4.69, 9.17) is 4.74 Å². The Morgan fingerprint density at radius 1 is 1.06 bits per heavy atom. The zero-order valence-electron chi connectivity index (χ0n) is 9.61. The summed E-state index contributed by atoms with van der Waals surface area (Å²) < 4.78 is 5.40. The van der Waals surface area contributed by atoms with E-state index >= 15 is 0 Å². The Balaban J connectivity index is 1.69. The first kappa shape index (κ1) is 10.3. The molecule has 16 heavy (non-hydrogen) atoms. The van der Waals surface area contributed by atoms with Gasteiger partial charge in [0.1, 0.15) is 0 Å². The smallest absolute Gasteiger partial charge is 0.0480 e. The molecule has 3 rings (SSSR count). The molecule has 1 heterocycles.